The normalized spacial score (nSPS) is 21.4. The molecule has 0 amide bonds. The molecule has 0 aromatic carbocycles. The minimum atomic E-state index is 0.194. The molecule has 6 heteroatoms. The van der Waals surface area contributed by atoms with Crippen LogP contribution in [-0.4, -0.2) is 57.2 Å². The molecular formula is C22H31N5O. The number of hydrogen-bond acceptors (Lipinski definition) is 6. The van der Waals surface area contributed by atoms with Crippen LogP contribution < -0.4 is 4.90 Å². The van der Waals surface area contributed by atoms with E-state index in [1.165, 1.54) is 31.4 Å². The van der Waals surface area contributed by atoms with E-state index in [0.29, 0.717) is 5.92 Å². The Hall–Kier alpha value is -2.05. The highest BCUT2D eigenvalue weighted by molar-refractivity contribution is 5.33. The Morgan fingerprint density at radius 2 is 1.96 bits per heavy atom. The van der Waals surface area contributed by atoms with Crippen LogP contribution >= 0.6 is 0 Å². The van der Waals surface area contributed by atoms with Crippen molar-refractivity contribution < 1.29 is 5.11 Å². The zero-order valence-corrected chi connectivity index (χ0v) is 16.8. The first-order chi connectivity index (χ1) is 13.7. The fraction of sp³-hybridized carbons (Fsp3) is 0.591. The molecule has 2 aromatic heterocycles. The first-order valence-electron chi connectivity index (χ1n) is 10.6. The van der Waals surface area contributed by atoms with Crippen molar-refractivity contribution in [1.29, 1.82) is 0 Å². The van der Waals surface area contributed by atoms with Crippen molar-refractivity contribution in [3.05, 3.63) is 47.5 Å². The smallest absolute Gasteiger partial charge is 0.225 e. The Kier molecular flexibility index (Phi) is 6.17. The molecule has 0 bridgehead atoms. The van der Waals surface area contributed by atoms with E-state index in [2.05, 4.69) is 38.0 Å². The van der Waals surface area contributed by atoms with Crippen LogP contribution in [0.2, 0.25) is 0 Å². The van der Waals surface area contributed by atoms with Gasteiger partial charge >= 0.3 is 0 Å². The molecule has 1 saturated carbocycles. The summed E-state index contributed by atoms with van der Waals surface area (Å²) in [6.45, 7) is 5.73. The number of aryl methyl sites for hydroxylation is 1. The summed E-state index contributed by atoms with van der Waals surface area (Å²) < 4.78 is 0. The van der Waals surface area contributed by atoms with E-state index >= 15 is 0 Å². The number of hydrogen-bond donors (Lipinski definition) is 1. The molecule has 1 atom stereocenters. The largest absolute Gasteiger partial charge is 0.396 e. The van der Waals surface area contributed by atoms with Crippen LogP contribution in [0, 0.1) is 6.92 Å². The quantitative estimate of drug-likeness (QED) is 0.830. The zero-order valence-electron chi connectivity index (χ0n) is 16.8. The van der Waals surface area contributed by atoms with Gasteiger partial charge in [0.15, 0.2) is 0 Å². The molecule has 1 N–H and O–H groups in total. The molecule has 6 nitrogen and oxygen atoms in total. The van der Waals surface area contributed by atoms with E-state index < -0.39 is 0 Å². The molecular weight excluding hydrogens is 350 g/mol. The second-order valence-electron chi connectivity index (χ2n) is 8.12. The predicted molar refractivity (Wildman–Crippen MR) is 110 cm³/mol. The summed E-state index contributed by atoms with van der Waals surface area (Å²) in [5.41, 5.74) is 3.34. The lowest BCUT2D eigenvalue weighted by Gasteiger charge is -2.41. The molecule has 0 radical (unpaired) electrons. The fourth-order valence-corrected chi connectivity index (χ4v) is 4.56. The third kappa shape index (κ3) is 4.50. The van der Waals surface area contributed by atoms with Crippen LogP contribution in [0.1, 0.15) is 55.1 Å². The van der Waals surface area contributed by atoms with Gasteiger partial charge in [0.1, 0.15) is 0 Å². The summed E-state index contributed by atoms with van der Waals surface area (Å²) in [5, 5.41) is 9.60. The van der Waals surface area contributed by atoms with E-state index in [9.17, 15) is 5.11 Å². The maximum absolute atomic E-state index is 9.60. The summed E-state index contributed by atoms with van der Waals surface area (Å²) >= 11 is 0. The Morgan fingerprint density at radius 1 is 1.11 bits per heavy atom. The number of nitrogens with zero attached hydrogens (tertiary/aromatic N) is 5. The third-order valence-electron chi connectivity index (χ3n) is 6.10. The number of rotatable bonds is 6. The van der Waals surface area contributed by atoms with Crippen LogP contribution in [0.25, 0.3) is 0 Å². The van der Waals surface area contributed by atoms with Crippen LogP contribution in [0.3, 0.4) is 0 Å². The molecule has 2 aromatic rings. The van der Waals surface area contributed by atoms with Gasteiger partial charge in [-0.15, -0.1) is 0 Å². The van der Waals surface area contributed by atoms with Crippen LogP contribution in [0.15, 0.2) is 30.5 Å². The van der Waals surface area contributed by atoms with E-state index in [-0.39, 0.29) is 12.6 Å². The summed E-state index contributed by atoms with van der Waals surface area (Å²) in [5.74, 6) is 1.45. The lowest BCUT2D eigenvalue weighted by atomic mass is 10.0. The van der Waals surface area contributed by atoms with Gasteiger partial charge in [0.2, 0.25) is 5.95 Å². The SMILES string of the molecule is Cc1cccc(CN2CCN(c3nccc(C4CCCC4)n3)C[C@H]2CCO)n1. The average Bonchev–Trinajstić information content (AvgIpc) is 3.25. The van der Waals surface area contributed by atoms with Gasteiger partial charge in [0.25, 0.3) is 0 Å². The van der Waals surface area contributed by atoms with Gasteiger partial charge in [-0.25, -0.2) is 9.97 Å². The number of aromatic nitrogens is 3. The molecule has 0 unspecified atom stereocenters. The lowest BCUT2D eigenvalue weighted by molar-refractivity contribution is 0.133. The van der Waals surface area contributed by atoms with Crippen LogP contribution in [0.5, 0.6) is 0 Å². The van der Waals surface area contributed by atoms with Gasteiger partial charge in [-0.05, 0) is 44.4 Å². The Bertz CT molecular complexity index is 777. The minimum absolute atomic E-state index is 0.194. The number of pyridine rings is 1. The Morgan fingerprint density at radius 3 is 2.75 bits per heavy atom. The predicted octanol–water partition coefficient (Wildman–Crippen LogP) is 2.91. The second kappa shape index (κ2) is 8.97. The van der Waals surface area contributed by atoms with Crippen molar-refractivity contribution in [3.63, 3.8) is 0 Å². The second-order valence-corrected chi connectivity index (χ2v) is 8.12. The van der Waals surface area contributed by atoms with Gasteiger partial charge in [0.05, 0.1) is 5.69 Å². The summed E-state index contributed by atoms with van der Waals surface area (Å²) in [7, 11) is 0. The number of anilines is 1. The molecule has 2 aliphatic rings. The maximum atomic E-state index is 9.60. The Balaban J connectivity index is 1.46. The highest BCUT2D eigenvalue weighted by Gasteiger charge is 2.29. The van der Waals surface area contributed by atoms with Crippen molar-refractivity contribution in [2.75, 3.05) is 31.1 Å². The summed E-state index contributed by atoms with van der Waals surface area (Å²) in [6.07, 6.45) is 7.80. The van der Waals surface area contributed by atoms with E-state index in [1.54, 1.807) is 0 Å². The topological polar surface area (TPSA) is 65.4 Å². The van der Waals surface area contributed by atoms with Crippen LogP contribution in [-0.2, 0) is 6.54 Å². The van der Waals surface area contributed by atoms with Gasteiger partial charge in [-0.1, -0.05) is 18.9 Å². The number of aliphatic hydroxyl groups is 1. The van der Waals surface area contributed by atoms with Gasteiger partial charge < -0.3 is 10.0 Å². The van der Waals surface area contributed by atoms with Crippen molar-refractivity contribution >= 4 is 5.95 Å². The maximum Gasteiger partial charge on any atom is 0.225 e. The molecule has 0 spiro atoms. The zero-order chi connectivity index (χ0) is 19.3. The first kappa shape index (κ1) is 19.3. The molecule has 1 saturated heterocycles. The Labute approximate surface area is 167 Å². The molecule has 1 aliphatic heterocycles. The standard InChI is InChI=1S/C22H31N5O/c1-17-5-4-8-19(24-17)15-26-12-13-27(16-20(26)10-14-28)22-23-11-9-21(25-22)18-6-2-3-7-18/h4-5,8-9,11,18,20,28H,2-3,6-7,10,12-16H2,1H3/t20-/m1/s1. The summed E-state index contributed by atoms with van der Waals surface area (Å²) in [4.78, 5) is 18.9. The van der Waals surface area contributed by atoms with E-state index in [4.69, 9.17) is 4.98 Å². The first-order valence-corrected chi connectivity index (χ1v) is 10.6. The van der Waals surface area contributed by atoms with Crippen molar-refractivity contribution in [2.24, 2.45) is 0 Å². The average molecular weight is 382 g/mol. The van der Waals surface area contributed by atoms with Crippen molar-refractivity contribution in [1.82, 2.24) is 19.9 Å². The lowest BCUT2D eigenvalue weighted by Crippen LogP contribution is -2.53. The van der Waals surface area contributed by atoms with Gasteiger partial charge in [-0.2, -0.15) is 0 Å². The molecule has 3 heterocycles. The fourth-order valence-electron chi connectivity index (χ4n) is 4.56. The molecule has 4 rings (SSSR count). The van der Waals surface area contributed by atoms with Gasteiger partial charge in [-0.3, -0.25) is 9.88 Å². The van der Waals surface area contributed by atoms with Gasteiger partial charge in [0, 0.05) is 62.3 Å². The molecule has 1 aliphatic carbocycles. The summed E-state index contributed by atoms with van der Waals surface area (Å²) in [6, 6.07) is 8.55. The van der Waals surface area contributed by atoms with Crippen LogP contribution in [0.4, 0.5) is 5.95 Å². The van der Waals surface area contributed by atoms with Crippen molar-refractivity contribution in [3.8, 4) is 0 Å². The molecule has 2 fully saturated rings. The molecule has 150 valence electrons. The van der Waals surface area contributed by atoms with Crippen molar-refractivity contribution in [2.45, 2.75) is 57.5 Å². The highest BCUT2D eigenvalue weighted by atomic mass is 16.3. The monoisotopic (exact) mass is 381 g/mol. The minimum Gasteiger partial charge on any atom is -0.396 e. The number of aliphatic hydroxyl groups excluding tert-OH is 1. The third-order valence-corrected chi connectivity index (χ3v) is 6.10. The molecule has 28 heavy (non-hydrogen) atoms. The number of piperazine rings is 1. The highest BCUT2D eigenvalue weighted by Crippen LogP contribution is 2.33. The van der Waals surface area contributed by atoms with E-state index in [1.807, 2.05) is 19.2 Å². The van der Waals surface area contributed by atoms with E-state index in [0.717, 1.165) is 49.9 Å².